The Labute approximate surface area is 113 Å². The lowest BCUT2D eigenvalue weighted by atomic mass is 10.1. The minimum absolute atomic E-state index is 0.0924. The average molecular weight is 263 g/mol. The van der Waals surface area contributed by atoms with E-state index in [1.165, 1.54) is 0 Å². The van der Waals surface area contributed by atoms with E-state index in [0.717, 1.165) is 0 Å². The van der Waals surface area contributed by atoms with Gasteiger partial charge >= 0.3 is 0 Å². The largest absolute Gasteiger partial charge is 0.348 e. The summed E-state index contributed by atoms with van der Waals surface area (Å²) in [5, 5.41) is 2.77. The molecule has 0 fully saturated rings. The molecule has 1 aromatic rings. The SMILES string of the molecule is CCN(C)C(=O)c1cccc(C(=O)N[C@@H](C)CN)c1. The van der Waals surface area contributed by atoms with Crippen LogP contribution in [0.4, 0.5) is 0 Å². The standard InChI is InChI=1S/C14H21N3O2/c1-4-17(3)14(19)12-7-5-6-11(8-12)13(18)16-10(2)9-15/h5-8,10H,4,9,15H2,1-3H3,(H,16,18)/t10-/m0/s1. The van der Waals surface area contributed by atoms with Crippen LogP contribution in [0, 0.1) is 0 Å². The number of carbonyl (C=O) groups is 2. The molecule has 104 valence electrons. The van der Waals surface area contributed by atoms with Crippen LogP contribution in [0.3, 0.4) is 0 Å². The molecule has 0 bridgehead atoms. The number of nitrogens with zero attached hydrogens (tertiary/aromatic N) is 1. The van der Waals surface area contributed by atoms with Crippen LogP contribution in [-0.4, -0.2) is 42.9 Å². The number of amides is 2. The molecule has 0 heterocycles. The van der Waals surface area contributed by atoms with Crippen molar-refractivity contribution >= 4 is 11.8 Å². The van der Waals surface area contributed by atoms with Gasteiger partial charge in [-0.1, -0.05) is 6.07 Å². The molecular formula is C14H21N3O2. The maximum Gasteiger partial charge on any atom is 0.253 e. The fraction of sp³-hybridized carbons (Fsp3) is 0.429. The van der Waals surface area contributed by atoms with Gasteiger partial charge in [0, 0.05) is 37.3 Å². The van der Waals surface area contributed by atoms with Gasteiger partial charge in [0.1, 0.15) is 0 Å². The molecule has 0 saturated carbocycles. The van der Waals surface area contributed by atoms with Crippen molar-refractivity contribution in [1.29, 1.82) is 0 Å². The van der Waals surface area contributed by atoms with Gasteiger partial charge in [0.05, 0.1) is 0 Å². The summed E-state index contributed by atoms with van der Waals surface area (Å²) < 4.78 is 0. The third-order valence-corrected chi connectivity index (χ3v) is 2.92. The van der Waals surface area contributed by atoms with Crippen LogP contribution >= 0.6 is 0 Å². The lowest BCUT2D eigenvalue weighted by Gasteiger charge is -2.15. The summed E-state index contributed by atoms with van der Waals surface area (Å²) in [4.78, 5) is 25.5. The minimum atomic E-state index is -0.216. The second kappa shape index (κ2) is 6.89. The van der Waals surface area contributed by atoms with Crippen molar-refractivity contribution < 1.29 is 9.59 Å². The van der Waals surface area contributed by atoms with Crippen molar-refractivity contribution in [3.05, 3.63) is 35.4 Å². The number of carbonyl (C=O) groups excluding carboxylic acids is 2. The quantitative estimate of drug-likeness (QED) is 0.827. The fourth-order valence-electron chi connectivity index (χ4n) is 1.52. The van der Waals surface area contributed by atoms with Crippen LogP contribution in [-0.2, 0) is 0 Å². The van der Waals surface area contributed by atoms with E-state index in [9.17, 15) is 9.59 Å². The first-order valence-electron chi connectivity index (χ1n) is 6.36. The van der Waals surface area contributed by atoms with Crippen molar-refractivity contribution in [3.8, 4) is 0 Å². The average Bonchev–Trinajstić information content (AvgIpc) is 2.45. The molecule has 0 spiro atoms. The maximum absolute atomic E-state index is 12.0. The van der Waals surface area contributed by atoms with Crippen LogP contribution in [0.15, 0.2) is 24.3 Å². The molecule has 2 amide bonds. The monoisotopic (exact) mass is 263 g/mol. The number of nitrogens with one attached hydrogen (secondary N) is 1. The molecule has 0 aliphatic rings. The van der Waals surface area contributed by atoms with E-state index in [-0.39, 0.29) is 17.9 Å². The third kappa shape index (κ3) is 4.06. The number of benzene rings is 1. The molecule has 0 saturated heterocycles. The zero-order valence-corrected chi connectivity index (χ0v) is 11.6. The molecule has 0 aromatic heterocycles. The lowest BCUT2D eigenvalue weighted by Crippen LogP contribution is -2.37. The summed E-state index contributed by atoms with van der Waals surface area (Å²) >= 11 is 0. The normalized spacial score (nSPS) is 11.8. The summed E-state index contributed by atoms with van der Waals surface area (Å²) in [6, 6.07) is 6.61. The summed E-state index contributed by atoms with van der Waals surface area (Å²) in [5.74, 6) is -0.309. The van der Waals surface area contributed by atoms with Gasteiger partial charge < -0.3 is 16.0 Å². The molecule has 0 aliphatic heterocycles. The highest BCUT2D eigenvalue weighted by atomic mass is 16.2. The second-order valence-electron chi connectivity index (χ2n) is 4.51. The summed E-state index contributed by atoms with van der Waals surface area (Å²) in [6.45, 7) is 4.73. The van der Waals surface area contributed by atoms with Gasteiger partial charge in [-0.3, -0.25) is 9.59 Å². The lowest BCUT2D eigenvalue weighted by molar-refractivity contribution is 0.0802. The second-order valence-corrected chi connectivity index (χ2v) is 4.51. The van der Waals surface area contributed by atoms with E-state index in [1.807, 2.05) is 13.8 Å². The maximum atomic E-state index is 12.0. The Balaban J connectivity index is 2.88. The van der Waals surface area contributed by atoms with Crippen LogP contribution in [0.25, 0.3) is 0 Å². The van der Waals surface area contributed by atoms with Gasteiger partial charge in [-0.15, -0.1) is 0 Å². The first kappa shape index (κ1) is 15.2. The third-order valence-electron chi connectivity index (χ3n) is 2.92. The fourth-order valence-corrected chi connectivity index (χ4v) is 1.52. The minimum Gasteiger partial charge on any atom is -0.348 e. The van der Waals surface area contributed by atoms with Crippen molar-refractivity contribution in [2.45, 2.75) is 19.9 Å². The molecule has 5 nitrogen and oxygen atoms in total. The number of hydrogen-bond donors (Lipinski definition) is 2. The predicted molar refractivity (Wildman–Crippen MR) is 75.1 cm³/mol. The van der Waals surface area contributed by atoms with Gasteiger partial charge in [0.25, 0.3) is 11.8 Å². The Morgan fingerprint density at radius 1 is 1.37 bits per heavy atom. The topological polar surface area (TPSA) is 75.4 Å². The summed E-state index contributed by atoms with van der Waals surface area (Å²) in [5.41, 5.74) is 6.44. The van der Waals surface area contributed by atoms with Gasteiger partial charge in [0.2, 0.25) is 0 Å². The van der Waals surface area contributed by atoms with E-state index in [2.05, 4.69) is 5.32 Å². The Bertz CT molecular complexity index is 460. The van der Waals surface area contributed by atoms with E-state index in [1.54, 1.807) is 36.2 Å². The van der Waals surface area contributed by atoms with Gasteiger partial charge in [-0.05, 0) is 32.0 Å². The first-order valence-corrected chi connectivity index (χ1v) is 6.36. The van der Waals surface area contributed by atoms with Crippen molar-refractivity contribution in [2.24, 2.45) is 5.73 Å². The van der Waals surface area contributed by atoms with E-state index in [0.29, 0.717) is 24.2 Å². The summed E-state index contributed by atoms with van der Waals surface area (Å²) in [6.07, 6.45) is 0. The van der Waals surface area contributed by atoms with Crippen LogP contribution in [0.5, 0.6) is 0 Å². The number of hydrogen-bond acceptors (Lipinski definition) is 3. The molecule has 1 aromatic carbocycles. The smallest absolute Gasteiger partial charge is 0.253 e. The van der Waals surface area contributed by atoms with Gasteiger partial charge in [-0.25, -0.2) is 0 Å². The molecule has 0 radical (unpaired) electrons. The molecule has 0 aliphatic carbocycles. The van der Waals surface area contributed by atoms with Crippen molar-refractivity contribution in [3.63, 3.8) is 0 Å². The van der Waals surface area contributed by atoms with Gasteiger partial charge in [-0.2, -0.15) is 0 Å². The highest BCUT2D eigenvalue weighted by molar-refractivity contribution is 5.99. The molecular weight excluding hydrogens is 242 g/mol. The predicted octanol–water partition coefficient (Wildman–Crippen LogP) is 0.856. The molecule has 3 N–H and O–H groups in total. The Morgan fingerprint density at radius 2 is 2.00 bits per heavy atom. The Hall–Kier alpha value is -1.88. The zero-order chi connectivity index (χ0) is 14.4. The van der Waals surface area contributed by atoms with Crippen LogP contribution in [0.1, 0.15) is 34.6 Å². The van der Waals surface area contributed by atoms with Crippen molar-refractivity contribution in [1.82, 2.24) is 10.2 Å². The highest BCUT2D eigenvalue weighted by Crippen LogP contribution is 2.08. The Morgan fingerprint density at radius 3 is 2.58 bits per heavy atom. The van der Waals surface area contributed by atoms with Crippen molar-refractivity contribution in [2.75, 3.05) is 20.1 Å². The van der Waals surface area contributed by atoms with E-state index in [4.69, 9.17) is 5.73 Å². The van der Waals surface area contributed by atoms with E-state index < -0.39 is 0 Å². The summed E-state index contributed by atoms with van der Waals surface area (Å²) in [7, 11) is 1.73. The molecule has 5 heteroatoms. The number of rotatable bonds is 5. The molecule has 0 unspecified atom stereocenters. The van der Waals surface area contributed by atoms with Crippen LogP contribution in [0.2, 0.25) is 0 Å². The zero-order valence-electron chi connectivity index (χ0n) is 11.6. The first-order chi connectivity index (χ1) is 8.99. The molecule has 19 heavy (non-hydrogen) atoms. The van der Waals surface area contributed by atoms with Crippen LogP contribution < -0.4 is 11.1 Å². The Kier molecular flexibility index (Phi) is 5.51. The van der Waals surface area contributed by atoms with Gasteiger partial charge in [0.15, 0.2) is 0 Å². The van der Waals surface area contributed by atoms with E-state index >= 15 is 0 Å². The molecule has 1 rings (SSSR count). The number of nitrogens with two attached hydrogens (primary N) is 1. The highest BCUT2D eigenvalue weighted by Gasteiger charge is 2.13. The molecule has 1 atom stereocenters.